The topological polar surface area (TPSA) is 80.1 Å². The molecule has 2 amide bonds. The minimum Gasteiger partial charge on any atom is -0.337 e. The van der Waals surface area contributed by atoms with Crippen LogP contribution in [0.2, 0.25) is 0 Å². The van der Waals surface area contributed by atoms with Gasteiger partial charge in [-0.3, -0.25) is 14.3 Å². The fourth-order valence-electron chi connectivity index (χ4n) is 4.07. The first-order valence-electron chi connectivity index (χ1n) is 10.6. The number of nitrogens with one attached hydrogen (secondary N) is 1. The van der Waals surface area contributed by atoms with Crippen molar-refractivity contribution in [1.29, 1.82) is 0 Å². The maximum atomic E-state index is 13.1. The molecule has 3 aromatic heterocycles. The van der Waals surface area contributed by atoms with E-state index in [2.05, 4.69) is 16.5 Å². The van der Waals surface area contributed by atoms with E-state index in [1.165, 1.54) is 16.9 Å². The molecule has 0 fully saturated rings. The summed E-state index contributed by atoms with van der Waals surface area (Å²) in [5.41, 5.74) is 4.46. The van der Waals surface area contributed by atoms with Crippen molar-refractivity contribution in [3.8, 4) is 10.6 Å². The van der Waals surface area contributed by atoms with Crippen LogP contribution in [0, 0.1) is 6.92 Å². The Hall–Kier alpha value is -3.04. The first-order valence-corrected chi connectivity index (χ1v) is 12.2. The molecule has 1 aliphatic rings. The molecule has 1 aliphatic heterocycles. The zero-order valence-electron chi connectivity index (χ0n) is 18.1. The van der Waals surface area contributed by atoms with Crippen molar-refractivity contribution < 1.29 is 9.59 Å². The van der Waals surface area contributed by atoms with E-state index >= 15 is 0 Å². The highest BCUT2D eigenvalue weighted by atomic mass is 32.1. The van der Waals surface area contributed by atoms with E-state index in [0.29, 0.717) is 25.3 Å². The number of nitrogens with zero attached hydrogens (tertiary/aromatic N) is 4. The molecular weight excluding hydrogens is 442 g/mol. The quantitative estimate of drug-likeness (QED) is 0.473. The van der Waals surface area contributed by atoms with Gasteiger partial charge in [0.1, 0.15) is 10.0 Å². The van der Waals surface area contributed by atoms with E-state index in [1.807, 2.05) is 41.6 Å². The fourth-order valence-corrected chi connectivity index (χ4v) is 6.44. The minimum absolute atomic E-state index is 0.0664. The van der Waals surface area contributed by atoms with Crippen molar-refractivity contribution in [2.45, 2.75) is 40.3 Å². The Morgan fingerprint density at radius 2 is 2.03 bits per heavy atom. The first-order chi connectivity index (χ1) is 15.4. The van der Waals surface area contributed by atoms with Gasteiger partial charge >= 0.3 is 0 Å². The number of rotatable bonds is 4. The van der Waals surface area contributed by atoms with Crippen LogP contribution in [0.25, 0.3) is 20.8 Å². The number of thiophene rings is 1. The Balaban J connectivity index is 1.57. The predicted octanol–water partition coefficient (Wildman–Crippen LogP) is 4.71. The van der Waals surface area contributed by atoms with Crippen LogP contribution >= 0.6 is 22.7 Å². The lowest BCUT2D eigenvalue weighted by Gasteiger charge is -2.25. The summed E-state index contributed by atoms with van der Waals surface area (Å²) >= 11 is 3.16. The van der Waals surface area contributed by atoms with Crippen molar-refractivity contribution in [2.75, 3.05) is 11.9 Å². The molecule has 1 aromatic carbocycles. The van der Waals surface area contributed by atoms with E-state index in [0.717, 1.165) is 42.8 Å². The number of carbonyl (C=O) groups excluding carboxylic acids is 2. The van der Waals surface area contributed by atoms with Crippen molar-refractivity contribution >= 4 is 49.7 Å². The number of fused-ring (bicyclic) bond motifs is 2. The standard InChI is InChI=1S/C23H23N5O2S2/c1-4-28-13(2)11-17(26-28)21(30)25-23-20(22-24-16-7-5-6-8-18(16)31-22)15-9-10-27(14(3)29)12-19(15)32-23/h5-8,11H,4,9-10,12H2,1-3H3,(H,25,30). The van der Waals surface area contributed by atoms with Crippen molar-refractivity contribution in [3.63, 3.8) is 0 Å². The molecule has 0 bridgehead atoms. The van der Waals surface area contributed by atoms with Gasteiger partial charge in [-0.25, -0.2) is 4.98 Å². The Morgan fingerprint density at radius 3 is 2.75 bits per heavy atom. The number of anilines is 1. The number of hydrogen-bond donors (Lipinski definition) is 1. The van der Waals surface area contributed by atoms with Gasteiger partial charge in [0.25, 0.3) is 5.91 Å². The molecule has 0 radical (unpaired) electrons. The molecule has 5 rings (SSSR count). The average Bonchev–Trinajstić information content (AvgIpc) is 3.46. The highest BCUT2D eigenvalue weighted by Crippen LogP contribution is 2.45. The highest BCUT2D eigenvalue weighted by Gasteiger charge is 2.29. The van der Waals surface area contributed by atoms with Gasteiger partial charge in [0, 0.05) is 36.1 Å². The van der Waals surface area contributed by atoms with Gasteiger partial charge in [0.05, 0.1) is 16.8 Å². The predicted molar refractivity (Wildman–Crippen MR) is 128 cm³/mol. The highest BCUT2D eigenvalue weighted by molar-refractivity contribution is 7.23. The summed E-state index contributed by atoms with van der Waals surface area (Å²) in [5, 5.41) is 9.19. The summed E-state index contributed by atoms with van der Waals surface area (Å²) < 4.78 is 2.92. The smallest absolute Gasteiger partial charge is 0.276 e. The summed E-state index contributed by atoms with van der Waals surface area (Å²) in [6, 6.07) is 9.86. The van der Waals surface area contributed by atoms with Gasteiger partial charge < -0.3 is 10.2 Å². The van der Waals surface area contributed by atoms with Crippen LogP contribution < -0.4 is 5.32 Å². The average molecular weight is 466 g/mol. The van der Waals surface area contributed by atoms with Gasteiger partial charge in [-0.2, -0.15) is 5.10 Å². The molecule has 32 heavy (non-hydrogen) atoms. The molecule has 0 saturated carbocycles. The number of aryl methyl sites for hydroxylation is 2. The van der Waals surface area contributed by atoms with E-state index in [4.69, 9.17) is 4.98 Å². The molecule has 164 valence electrons. The molecule has 0 unspecified atom stereocenters. The number of amides is 2. The van der Waals surface area contributed by atoms with Crippen LogP contribution in [-0.4, -0.2) is 38.0 Å². The van der Waals surface area contributed by atoms with Crippen LogP contribution in [-0.2, 0) is 24.3 Å². The maximum absolute atomic E-state index is 13.1. The summed E-state index contributed by atoms with van der Waals surface area (Å²) in [6.07, 6.45) is 0.746. The van der Waals surface area contributed by atoms with Crippen LogP contribution in [0.4, 0.5) is 5.00 Å². The van der Waals surface area contributed by atoms with Gasteiger partial charge in [-0.15, -0.1) is 22.7 Å². The third kappa shape index (κ3) is 3.61. The summed E-state index contributed by atoms with van der Waals surface area (Å²) in [6.45, 7) is 7.49. The molecule has 4 heterocycles. The van der Waals surface area contributed by atoms with Crippen molar-refractivity contribution in [3.05, 3.63) is 52.2 Å². The van der Waals surface area contributed by atoms with Gasteiger partial charge in [0.2, 0.25) is 5.91 Å². The Bertz CT molecular complexity index is 1320. The largest absolute Gasteiger partial charge is 0.337 e. The Labute approximate surface area is 193 Å². The lowest BCUT2D eigenvalue weighted by molar-refractivity contribution is -0.129. The lowest BCUT2D eigenvalue weighted by Crippen LogP contribution is -2.33. The molecular formula is C23H23N5O2S2. The van der Waals surface area contributed by atoms with E-state index in [1.54, 1.807) is 24.3 Å². The molecule has 4 aromatic rings. The summed E-state index contributed by atoms with van der Waals surface area (Å²) in [7, 11) is 0. The summed E-state index contributed by atoms with van der Waals surface area (Å²) in [4.78, 5) is 32.8. The summed E-state index contributed by atoms with van der Waals surface area (Å²) in [5.74, 6) is -0.165. The van der Waals surface area contributed by atoms with Crippen molar-refractivity contribution in [1.82, 2.24) is 19.7 Å². The molecule has 9 heteroatoms. The fraction of sp³-hybridized carbons (Fsp3) is 0.304. The monoisotopic (exact) mass is 465 g/mol. The Morgan fingerprint density at radius 1 is 1.22 bits per heavy atom. The SMILES string of the molecule is CCn1nc(C(=O)Nc2sc3c(c2-c2nc4ccccc4s2)CCN(C(C)=O)C3)cc1C. The zero-order chi connectivity index (χ0) is 22.4. The van der Waals surface area contributed by atoms with Gasteiger partial charge in [-0.1, -0.05) is 12.1 Å². The van der Waals surface area contributed by atoms with Crippen LogP contribution in [0.5, 0.6) is 0 Å². The first kappa shape index (κ1) is 20.8. The maximum Gasteiger partial charge on any atom is 0.276 e. The number of benzene rings is 1. The number of thiazole rings is 1. The second kappa shape index (κ2) is 8.14. The molecule has 0 saturated heterocycles. The third-order valence-corrected chi connectivity index (χ3v) is 7.94. The van der Waals surface area contributed by atoms with Crippen LogP contribution in [0.15, 0.2) is 30.3 Å². The van der Waals surface area contributed by atoms with E-state index in [9.17, 15) is 9.59 Å². The molecule has 0 atom stereocenters. The number of carbonyl (C=O) groups is 2. The van der Waals surface area contributed by atoms with Crippen molar-refractivity contribution in [2.24, 2.45) is 0 Å². The number of para-hydroxylation sites is 1. The molecule has 7 nitrogen and oxygen atoms in total. The molecule has 1 N–H and O–H groups in total. The van der Waals surface area contributed by atoms with E-state index < -0.39 is 0 Å². The second-order valence-electron chi connectivity index (χ2n) is 7.83. The molecule has 0 aliphatic carbocycles. The zero-order valence-corrected chi connectivity index (χ0v) is 19.8. The van der Waals surface area contributed by atoms with Gasteiger partial charge in [-0.05, 0) is 44.0 Å². The minimum atomic E-state index is -0.232. The third-order valence-electron chi connectivity index (χ3n) is 5.75. The van der Waals surface area contributed by atoms with Crippen LogP contribution in [0.3, 0.4) is 0 Å². The lowest BCUT2D eigenvalue weighted by atomic mass is 10.0. The van der Waals surface area contributed by atoms with Crippen LogP contribution in [0.1, 0.15) is 40.5 Å². The number of aromatic nitrogens is 3. The number of hydrogen-bond acceptors (Lipinski definition) is 6. The second-order valence-corrected chi connectivity index (χ2v) is 9.96. The normalized spacial score (nSPS) is 13.4. The molecule has 0 spiro atoms. The van der Waals surface area contributed by atoms with E-state index in [-0.39, 0.29) is 11.8 Å². The Kier molecular flexibility index (Phi) is 5.30. The van der Waals surface area contributed by atoms with Gasteiger partial charge in [0.15, 0.2) is 5.69 Å².